The Morgan fingerprint density at radius 1 is 0.950 bits per heavy atom. The highest BCUT2D eigenvalue weighted by atomic mass is 16.4. The predicted molar refractivity (Wildman–Crippen MR) is 82.9 cm³/mol. The third-order valence-electron chi connectivity index (χ3n) is 4.29. The lowest BCUT2D eigenvalue weighted by molar-refractivity contribution is 0.425. The molecule has 0 amide bonds. The molecule has 3 nitrogen and oxygen atoms in total. The normalized spacial score (nSPS) is 15.6. The van der Waals surface area contributed by atoms with Crippen LogP contribution in [0.5, 0.6) is 0 Å². The lowest BCUT2D eigenvalue weighted by Gasteiger charge is -2.40. The second-order valence-corrected chi connectivity index (χ2v) is 5.85. The molecule has 20 heavy (non-hydrogen) atoms. The predicted octanol–water partition coefficient (Wildman–Crippen LogP) is 1.77. The molecule has 1 aliphatic heterocycles. The largest absolute Gasteiger partial charge is 0.488 e. The summed E-state index contributed by atoms with van der Waals surface area (Å²) >= 11 is 0. The van der Waals surface area contributed by atoms with Crippen LogP contribution in [0.15, 0.2) is 42.5 Å². The molecule has 2 N–H and O–H groups in total. The molecule has 0 atom stereocenters. The van der Waals surface area contributed by atoms with Crippen LogP contribution in [-0.4, -0.2) is 24.2 Å². The maximum absolute atomic E-state index is 9.40. The van der Waals surface area contributed by atoms with E-state index >= 15 is 0 Å². The zero-order chi connectivity index (χ0) is 14.5. The van der Waals surface area contributed by atoms with Crippen LogP contribution in [0.25, 0.3) is 0 Å². The topological polar surface area (TPSA) is 43.7 Å². The minimum Gasteiger partial charge on any atom is -0.423 e. The summed E-state index contributed by atoms with van der Waals surface area (Å²) in [6, 6.07) is 14.0. The van der Waals surface area contributed by atoms with Crippen LogP contribution in [0.3, 0.4) is 0 Å². The Balaban J connectivity index is 2.26. The molecule has 2 aromatic carbocycles. The van der Waals surface area contributed by atoms with Gasteiger partial charge in [0.15, 0.2) is 0 Å². The smallest absolute Gasteiger partial charge is 0.423 e. The zero-order valence-electron chi connectivity index (χ0n) is 12.0. The van der Waals surface area contributed by atoms with Crippen molar-refractivity contribution in [2.24, 2.45) is 0 Å². The van der Waals surface area contributed by atoms with Crippen molar-refractivity contribution in [3.63, 3.8) is 0 Å². The first-order valence-electron chi connectivity index (χ1n) is 6.76. The number of para-hydroxylation sites is 1. The highest BCUT2D eigenvalue weighted by Gasteiger charge is 2.35. The van der Waals surface area contributed by atoms with Crippen LogP contribution < -0.4 is 10.4 Å². The maximum atomic E-state index is 9.40. The van der Waals surface area contributed by atoms with Gasteiger partial charge in [-0.1, -0.05) is 44.2 Å². The average molecular weight is 267 g/mol. The molecule has 0 bridgehead atoms. The molecule has 0 radical (unpaired) electrons. The first-order chi connectivity index (χ1) is 9.43. The third kappa shape index (κ3) is 1.76. The molecule has 0 saturated heterocycles. The van der Waals surface area contributed by atoms with E-state index in [0.717, 1.165) is 11.3 Å². The summed E-state index contributed by atoms with van der Waals surface area (Å²) in [6.07, 6.45) is 0. The molecule has 2 aromatic rings. The van der Waals surface area contributed by atoms with Gasteiger partial charge in [0.05, 0.1) is 0 Å². The third-order valence-corrected chi connectivity index (χ3v) is 4.29. The number of fused-ring (bicyclic) bond motifs is 2. The van der Waals surface area contributed by atoms with Crippen molar-refractivity contribution < 1.29 is 10.0 Å². The summed E-state index contributed by atoms with van der Waals surface area (Å²) in [5.74, 6) is 0. The number of nitrogens with zero attached hydrogens (tertiary/aromatic N) is 1. The van der Waals surface area contributed by atoms with Crippen molar-refractivity contribution in [1.29, 1.82) is 0 Å². The van der Waals surface area contributed by atoms with Gasteiger partial charge in [0.25, 0.3) is 0 Å². The molecule has 0 saturated carbocycles. The van der Waals surface area contributed by atoms with Crippen LogP contribution in [0.4, 0.5) is 11.4 Å². The lowest BCUT2D eigenvalue weighted by Crippen LogP contribution is -2.35. The van der Waals surface area contributed by atoms with Crippen molar-refractivity contribution >= 4 is 24.0 Å². The fourth-order valence-electron chi connectivity index (χ4n) is 3.08. The molecule has 3 rings (SSSR count). The molecule has 0 aliphatic carbocycles. The van der Waals surface area contributed by atoms with Gasteiger partial charge in [-0.3, -0.25) is 0 Å². The van der Waals surface area contributed by atoms with Crippen LogP contribution in [0.1, 0.15) is 25.0 Å². The van der Waals surface area contributed by atoms with Gasteiger partial charge in [-0.2, -0.15) is 0 Å². The molecular formula is C16H18BNO2. The number of rotatable bonds is 1. The van der Waals surface area contributed by atoms with Gasteiger partial charge in [-0.15, -0.1) is 0 Å². The van der Waals surface area contributed by atoms with Crippen molar-refractivity contribution in [2.75, 3.05) is 11.9 Å². The number of anilines is 2. The van der Waals surface area contributed by atoms with E-state index in [1.54, 1.807) is 6.07 Å². The Bertz CT molecular complexity index is 667. The highest BCUT2D eigenvalue weighted by molar-refractivity contribution is 6.58. The summed E-state index contributed by atoms with van der Waals surface area (Å²) in [4.78, 5) is 2.16. The van der Waals surface area contributed by atoms with E-state index in [-0.39, 0.29) is 5.41 Å². The standard InChI is InChI=1S/C16H18BNO2/c1-16(2)12-6-4-5-7-14(12)18(3)15-9-8-11(17(19)20)10-13(15)16/h4-10,19-20H,1-3H3. The Labute approximate surface area is 119 Å². The summed E-state index contributed by atoms with van der Waals surface area (Å²) in [5, 5.41) is 18.8. The molecule has 1 heterocycles. The minimum absolute atomic E-state index is 0.163. The first-order valence-corrected chi connectivity index (χ1v) is 6.76. The van der Waals surface area contributed by atoms with Gasteiger partial charge >= 0.3 is 7.12 Å². The fourth-order valence-corrected chi connectivity index (χ4v) is 3.08. The van der Waals surface area contributed by atoms with Crippen LogP contribution in [0.2, 0.25) is 0 Å². The number of hydrogen-bond donors (Lipinski definition) is 2. The molecular weight excluding hydrogens is 249 g/mol. The van der Waals surface area contributed by atoms with Crippen LogP contribution >= 0.6 is 0 Å². The van der Waals surface area contributed by atoms with Gasteiger partial charge in [-0.05, 0) is 28.7 Å². The summed E-state index contributed by atoms with van der Waals surface area (Å²) in [5.41, 5.74) is 5.04. The molecule has 1 aliphatic rings. The minimum atomic E-state index is -1.43. The molecule has 0 unspecified atom stereocenters. The van der Waals surface area contributed by atoms with Crippen LogP contribution in [0, 0.1) is 0 Å². The van der Waals surface area contributed by atoms with Crippen LogP contribution in [-0.2, 0) is 5.41 Å². The Hall–Kier alpha value is -1.78. The molecule has 0 fully saturated rings. The first kappa shape index (κ1) is 13.2. The van der Waals surface area contributed by atoms with Gasteiger partial charge in [0, 0.05) is 23.8 Å². The number of benzene rings is 2. The van der Waals surface area contributed by atoms with E-state index in [1.165, 1.54) is 11.3 Å². The quantitative estimate of drug-likeness (QED) is 0.774. The van der Waals surface area contributed by atoms with E-state index in [9.17, 15) is 10.0 Å². The Morgan fingerprint density at radius 2 is 1.60 bits per heavy atom. The molecule has 4 heteroatoms. The molecule has 102 valence electrons. The second kappa shape index (κ2) is 4.37. The summed E-state index contributed by atoms with van der Waals surface area (Å²) in [7, 11) is 0.612. The van der Waals surface area contributed by atoms with Gasteiger partial charge in [0.2, 0.25) is 0 Å². The lowest BCUT2D eigenvalue weighted by atomic mass is 9.70. The van der Waals surface area contributed by atoms with E-state index < -0.39 is 7.12 Å². The van der Waals surface area contributed by atoms with Gasteiger partial charge < -0.3 is 14.9 Å². The van der Waals surface area contributed by atoms with Crippen molar-refractivity contribution in [3.8, 4) is 0 Å². The van der Waals surface area contributed by atoms with Crippen molar-refractivity contribution in [2.45, 2.75) is 19.3 Å². The Morgan fingerprint density at radius 3 is 2.30 bits per heavy atom. The SMILES string of the molecule is CN1c2ccccc2C(C)(C)c2cc(B(O)O)ccc21. The molecule has 0 aromatic heterocycles. The average Bonchev–Trinajstić information content (AvgIpc) is 2.44. The summed E-state index contributed by atoms with van der Waals surface area (Å²) in [6.45, 7) is 4.34. The van der Waals surface area contributed by atoms with Crippen molar-refractivity contribution in [1.82, 2.24) is 0 Å². The van der Waals surface area contributed by atoms with Crippen molar-refractivity contribution in [3.05, 3.63) is 53.6 Å². The van der Waals surface area contributed by atoms with E-state index in [0.29, 0.717) is 5.46 Å². The monoisotopic (exact) mass is 267 g/mol. The van der Waals surface area contributed by atoms with E-state index in [2.05, 4.69) is 30.9 Å². The van der Waals surface area contributed by atoms with Gasteiger partial charge in [-0.25, -0.2) is 0 Å². The zero-order valence-corrected chi connectivity index (χ0v) is 12.0. The highest BCUT2D eigenvalue weighted by Crippen LogP contribution is 2.47. The van der Waals surface area contributed by atoms with Gasteiger partial charge in [0.1, 0.15) is 0 Å². The fraction of sp³-hybridized carbons (Fsp3) is 0.250. The van der Waals surface area contributed by atoms with E-state index in [4.69, 9.17) is 0 Å². The maximum Gasteiger partial charge on any atom is 0.488 e. The number of hydrogen-bond acceptors (Lipinski definition) is 3. The van der Waals surface area contributed by atoms with E-state index in [1.807, 2.05) is 31.3 Å². The molecule has 0 spiro atoms. The summed E-state index contributed by atoms with van der Waals surface area (Å²) < 4.78 is 0. The Kier molecular flexibility index (Phi) is 2.89. The second-order valence-electron chi connectivity index (χ2n) is 5.85.